The van der Waals surface area contributed by atoms with Crippen LogP contribution in [-0.2, 0) is 36.0 Å². The largest absolute Gasteiger partial charge is 2.00 e. The molecule has 4 N–H and O–H groups in total. The Morgan fingerprint density at radius 3 is 0.854 bits per heavy atom. The van der Waals surface area contributed by atoms with E-state index in [-0.39, 0.29) is 85.7 Å². The fourth-order valence-electron chi connectivity index (χ4n) is 12.7. The van der Waals surface area contributed by atoms with E-state index >= 15 is 0 Å². The van der Waals surface area contributed by atoms with E-state index in [1.807, 2.05) is 109 Å². The van der Waals surface area contributed by atoms with Crippen molar-refractivity contribution >= 4 is 92.7 Å². The number of amides is 4. The molecule has 4 amide bonds. The van der Waals surface area contributed by atoms with Crippen LogP contribution in [0.1, 0.15) is 104 Å². The van der Waals surface area contributed by atoms with Gasteiger partial charge in [-0.05, 0) is 154 Å². The van der Waals surface area contributed by atoms with Crippen LogP contribution in [0, 0.1) is 45.3 Å². The third kappa shape index (κ3) is 11.4. The number of nitrogens with zero attached hydrogens (tertiary/aromatic N) is 4. The first-order valence-electron chi connectivity index (χ1n) is 30.0. The van der Waals surface area contributed by atoms with Crippen molar-refractivity contribution in [2.75, 3.05) is 49.7 Å². The van der Waals surface area contributed by atoms with E-state index in [1.54, 1.807) is 40.6 Å². The van der Waals surface area contributed by atoms with Crippen molar-refractivity contribution in [2.24, 2.45) is 45.3 Å². The molecule has 89 heavy (non-hydrogen) atoms. The monoisotopic (exact) mass is 1240 g/mol. The van der Waals surface area contributed by atoms with Crippen molar-refractivity contribution in [1.29, 1.82) is 0 Å². The molecule has 4 aromatic carbocycles. The maximum Gasteiger partial charge on any atom is 2.00 e. The Hall–Kier alpha value is -8.93. The third-order valence-corrected chi connectivity index (χ3v) is 18.9. The van der Waals surface area contributed by atoms with Gasteiger partial charge in [-0.2, -0.15) is 0 Å². The van der Waals surface area contributed by atoms with E-state index in [0.29, 0.717) is 135 Å². The van der Waals surface area contributed by atoms with Gasteiger partial charge in [-0.25, -0.2) is 9.97 Å². The molecule has 1 radical (unpaired) electrons. The van der Waals surface area contributed by atoms with Crippen LogP contribution >= 0.6 is 0 Å². The minimum absolute atomic E-state index is 0. The predicted octanol–water partition coefficient (Wildman–Crippen LogP) is 14.6. The second kappa shape index (κ2) is 22.3. The van der Waals surface area contributed by atoms with Crippen molar-refractivity contribution < 1.29 is 54.9 Å². The summed E-state index contributed by atoms with van der Waals surface area (Å²) in [4.78, 5) is 79.9. The van der Waals surface area contributed by atoms with E-state index in [9.17, 15) is 19.2 Å². The summed E-state index contributed by atoms with van der Waals surface area (Å²) in [5.74, 6) is 0.700. The average molecular weight is 1240 g/mol. The van der Waals surface area contributed by atoms with Crippen LogP contribution in [0.3, 0.4) is 0 Å². The molecule has 7 aromatic rings. The van der Waals surface area contributed by atoms with Gasteiger partial charge in [-0.1, -0.05) is 91.8 Å². The Morgan fingerprint density at radius 2 is 0.618 bits per heavy atom. The Bertz CT molecular complexity index is 3950. The number of rotatable bonds is 16. The predicted molar refractivity (Wildman–Crippen MR) is 347 cm³/mol. The maximum absolute atomic E-state index is 14.4. The number of fused-ring (bicyclic) bond motifs is 8. The van der Waals surface area contributed by atoms with E-state index in [0.717, 1.165) is 25.7 Å². The van der Waals surface area contributed by atoms with Crippen LogP contribution in [0.5, 0.6) is 23.0 Å². The summed E-state index contributed by atoms with van der Waals surface area (Å²) < 4.78 is 23.6. The molecule has 4 atom stereocenters. The summed E-state index contributed by atoms with van der Waals surface area (Å²) in [5, 5.41) is 13.2. The molecule has 4 saturated carbocycles. The summed E-state index contributed by atoms with van der Waals surface area (Å²) in [7, 11) is 6.39. The molecule has 0 spiro atoms. The standard InChI is InChI=1S/C72H74N8O8.Co/c1-69(2)33-43(69)65(81)77-47-15-13-16-48(78-66(82)44-34-70(44,3)4)61(47)63-55-23-19-51(73-55)59(37-27-39(85-9)31-40(28-37)86-10)53-21-25-57(75-53)64(58-26-22-54(76-58)60(52-20-24-56(63)74-52)38-29-41(87-11)32-42(30-38)88-12)62-49(79-67(83)45-35-71(45,5)6)17-14-18-50(62)80-68(84)46-36-72(46,7)8;/h13-32,43-46H,33-36H2,1-12H3,(H6,73,74,75,76,77,78,79,80,81,82,83,84);/q;+2/p-2/t43-,44+,45-,46+;. The molecule has 8 bridgehead atoms. The zero-order valence-corrected chi connectivity index (χ0v) is 53.1. The summed E-state index contributed by atoms with van der Waals surface area (Å²) in [6.45, 7) is 16.7. The van der Waals surface area contributed by atoms with Gasteiger partial charge < -0.3 is 50.2 Å². The van der Waals surface area contributed by atoms with Gasteiger partial charge in [0.1, 0.15) is 23.0 Å². The number of nitrogens with one attached hydrogen (secondary N) is 4. The smallest absolute Gasteiger partial charge is 0.657 e. The summed E-state index contributed by atoms with van der Waals surface area (Å²) in [6, 6.07) is 30.0. The quantitative estimate of drug-likeness (QED) is 0.0713. The van der Waals surface area contributed by atoms with E-state index in [2.05, 4.69) is 76.7 Å². The van der Waals surface area contributed by atoms with E-state index < -0.39 is 0 Å². The molecule has 0 saturated heterocycles. The van der Waals surface area contributed by atoms with Crippen LogP contribution in [0.25, 0.3) is 90.9 Å². The number of ether oxygens (including phenoxy) is 4. The molecule has 17 heteroatoms. The summed E-state index contributed by atoms with van der Waals surface area (Å²) in [5.41, 5.74) is 9.85. The molecular weight excluding hydrogens is 1160 g/mol. The first kappa shape index (κ1) is 60.4. The molecule has 2 aliphatic heterocycles. The fourth-order valence-corrected chi connectivity index (χ4v) is 12.7. The third-order valence-electron chi connectivity index (χ3n) is 18.9. The Labute approximate surface area is 528 Å². The van der Waals surface area contributed by atoms with Gasteiger partial charge in [0.25, 0.3) is 0 Å². The van der Waals surface area contributed by atoms with Gasteiger partial charge in [0, 0.05) is 46.9 Å². The Morgan fingerprint density at radius 1 is 0.382 bits per heavy atom. The van der Waals surface area contributed by atoms with Crippen LogP contribution in [-0.4, -0.2) is 62.0 Å². The molecule has 13 rings (SSSR count). The summed E-state index contributed by atoms with van der Waals surface area (Å²) >= 11 is 0. The van der Waals surface area contributed by atoms with Gasteiger partial charge in [0.2, 0.25) is 23.6 Å². The minimum Gasteiger partial charge on any atom is -0.657 e. The number of aromatic nitrogens is 4. The number of benzene rings is 4. The molecule has 4 fully saturated rings. The first-order valence-corrected chi connectivity index (χ1v) is 30.0. The Kier molecular flexibility index (Phi) is 15.1. The molecular formula is C72H72CoN8O8. The first-order chi connectivity index (χ1) is 42.0. The van der Waals surface area contributed by atoms with Crippen molar-refractivity contribution in [1.82, 2.24) is 19.9 Å². The average Bonchev–Trinajstić information content (AvgIpc) is 1.89. The minimum atomic E-state index is -0.223. The topological polar surface area (TPSA) is 207 Å². The van der Waals surface area contributed by atoms with Gasteiger partial charge in [-0.15, -0.1) is 22.1 Å². The SMILES string of the molecule is COc1cc(OC)cc(-c2c3nc(c(-c4c(NC(=O)[C@H]5CC5(C)C)cccc4NC(=O)[C@@H]4CC4(C)C)c4ccc([n-]4)c(-c4cc(OC)cc(OC)c4)c4nc(c(-c5c(NC(=O)[C@H]6CC6(C)C)cccc5NC(=O)[C@@H]5CC5(C)C)c5ccc2[n-]5)C=C4)C=C3)c1.[Co+2]. The molecule has 0 unspecified atom stereocenters. The van der Waals surface area contributed by atoms with Gasteiger partial charge in [0.15, 0.2) is 0 Å². The summed E-state index contributed by atoms with van der Waals surface area (Å²) in [6.07, 6.45) is 10.6. The Balaban J connectivity index is 0.00000769. The molecule has 457 valence electrons. The molecule has 6 aliphatic rings. The molecule has 4 aliphatic carbocycles. The molecule has 5 heterocycles. The van der Waals surface area contributed by atoms with Gasteiger partial charge in [-0.3, -0.25) is 19.2 Å². The van der Waals surface area contributed by atoms with E-state index in [4.69, 9.17) is 38.9 Å². The number of methoxy groups -OCH3 is 4. The normalized spacial score (nSPS) is 19.6. The number of anilines is 4. The van der Waals surface area contributed by atoms with Crippen molar-refractivity contribution in [3.63, 3.8) is 0 Å². The zero-order chi connectivity index (χ0) is 61.9. The second-order valence-electron chi connectivity index (χ2n) is 27.0. The van der Waals surface area contributed by atoms with Crippen LogP contribution in [0.2, 0.25) is 0 Å². The molecule has 16 nitrogen and oxygen atoms in total. The number of hydrogen-bond donors (Lipinski definition) is 4. The van der Waals surface area contributed by atoms with Crippen molar-refractivity contribution in [3.05, 3.63) is 120 Å². The van der Waals surface area contributed by atoms with Crippen LogP contribution in [0.4, 0.5) is 22.7 Å². The number of hydrogen-bond acceptors (Lipinski definition) is 10. The van der Waals surface area contributed by atoms with Gasteiger partial charge in [0.05, 0.1) is 74.0 Å². The second-order valence-corrected chi connectivity index (χ2v) is 27.0. The number of carbonyl (C=O) groups excluding carboxylic acids is 4. The maximum atomic E-state index is 14.4. The van der Waals surface area contributed by atoms with Crippen molar-refractivity contribution in [2.45, 2.75) is 81.1 Å². The molecule has 3 aromatic heterocycles. The van der Waals surface area contributed by atoms with E-state index in [1.165, 1.54) is 0 Å². The van der Waals surface area contributed by atoms with Crippen LogP contribution < -0.4 is 50.2 Å². The number of carbonyl (C=O) groups is 4. The van der Waals surface area contributed by atoms with Gasteiger partial charge >= 0.3 is 16.8 Å². The fraction of sp³-hybridized carbons (Fsp3) is 0.333. The van der Waals surface area contributed by atoms with Crippen molar-refractivity contribution in [3.8, 4) is 67.5 Å². The van der Waals surface area contributed by atoms with Crippen LogP contribution in [0.15, 0.2) is 97.1 Å². The zero-order valence-electron chi connectivity index (χ0n) is 52.1.